The summed E-state index contributed by atoms with van der Waals surface area (Å²) in [6.45, 7) is 4.09. The van der Waals surface area contributed by atoms with Crippen LogP contribution in [0.4, 0.5) is 5.13 Å². The molecule has 5 heteroatoms. The smallest absolute Gasteiger partial charge is 0.204 e. The minimum Gasteiger partial charge on any atom is -0.389 e. The SMILES string of the molecule is CN(CC(C)(C)O)c1ncns1. The summed E-state index contributed by atoms with van der Waals surface area (Å²) < 4.78 is 3.88. The van der Waals surface area contributed by atoms with Gasteiger partial charge in [-0.1, -0.05) is 0 Å². The summed E-state index contributed by atoms with van der Waals surface area (Å²) >= 11 is 1.33. The summed E-state index contributed by atoms with van der Waals surface area (Å²) in [6, 6.07) is 0. The molecule has 0 saturated carbocycles. The van der Waals surface area contributed by atoms with Gasteiger partial charge in [-0.15, -0.1) is 0 Å². The third-order valence-corrected chi connectivity index (χ3v) is 2.08. The van der Waals surface area contributed by atoms with Crippen LogP contribution in [0.15, 0.2) is 6.33 Å². The van der Waals surface area contributed by atoms with Gasteiger partial charge in [-0.3, -0.25) is 0 Å². The maximum Gasteiger partial charge on any atom is 0.204 e. The van der Waals surface area contributed by atoms with Crippen molar-refractivity contribution in [2.45, 2.75) is 19.4 Å². The van der Waals surface area contributed by atoms with Gasteiger partial charge >= 0.3 is 0 Å². The molecule has 1 heterocycles. The number of hydrogen-bond acceptors (Lipinski definition) is 5. The predicted octanol–water partition coefficient (Wildman–Crippen LogP) is 0.745. The Morgan fingerprint density at radius 1 is 1.67 bits per heavy atom. The topological polar surface area (TPSA) is 49.2 Å². The number of hydrogen-bond donors (Lipinski definition) is 1. The molecule has 0 unspecified atom stereocenters. The lowest BCUT2D eigenvalue weighted by Crippen LogP contribution is -2.36. The summed E-state index contributed by atoms with van der Waals surface area (Å²) in [5, 5.41) is 10.3. The first kappa shape index (κ1) is 9.41. The zero-order chi connectivity index (χ0) is 9.19. The van der Waals surface area contributed by atoms with Gasteiger partial charge in [0.1, 0.15) is 6.33 Å². The van der Waals surface area contributed by atoms with E-state index in [-0.39, 0.29) is 0 Å². The van der Waals surface area contributed by atoms with Gasteiger partial charge in [0, 0.05) is 25.1 Å². The quantitative estimate of drug-likeness (QED) is 0.758. The zero-order valence-electron chi connectivity index (χ0n) is 7.48. The van der Waals surface area contributed by atoms with Crippen LogP contribution in [0.1, 0.15) is 13.8 Å². The van der Waals surface area contributed by atoms with Crippen molar-refractivity contribution in [3.05, 3.63) is 6.33 Å². The Labute approximate surface area is 76.0 Å². The fourth-order valence-corrected chi connectivity index (χ4v) is 1.47. The van der Waals surface area contributed by atoms with Crippen LogP contribution >= 0.6 is 11.5 Å². The number of aliphatic hydroxyl groups is 1. The third-order valence-electron chi connectivity index (χ3n) is 1.30. The standard InChI is InChI=1S/C7H13N3OS/c1-7(2,11)4-10(3)6-8-5-9-12-6/h5,11H,4H2,1-3H3. The van der Waals surface area contributed by atoms with E-state index in [9.17, 15) is 5.11 Å². The Bertz CT molecular complexity index is 229. The number of anilines is 1. The van der Waals surface area contributed by atoms with Gasteiger partial charge in [0.2, 0.25) is 5.13 Å². The van der Waals surface area contributed by atoms with Crippen molar-refractivity contribution in [2.75, 3.05) is 18.5 Å². The normalized spacial score (nSPS) is 11.7. The first-order valence-corrected chi connectivity index (χ1v) is 4.46. The van der Waals surface area contributed by atoms with Gasteiger partial charge in [0.25, 0.3) is 0 Å². The molecule has 0 radical (unpaired) electrons. The maximum atomic E-state index is 9.50. The Hall–Kier alpha value is -0.680. The average Bonchev–Trinajstić information content (AvgIpc) is 2.32. The van der Waals surface area contributed by atoms with E-state index in [1.807, 2.05) is 11.9 Å². The van der Waals surface area contributed by atoms with Crippen LogP contribution in [-0.2, 0) is 0 Å². The summed E-state index contributed by atoms with van der Waals surface area (Å²) in [5.41, 5.74) is -0.694. The van der Waals surface area contributed by atoms with E-state index in [2.05, 4.69) is 9.36 Å². The van der Waals surface area contributed by atoms with Crippen LogP contribution < -0.4 is 4.90 Å². The van der Waals surface area contributed by atoms with Crippen molar-refractivity contribution >= 4 is 16.7 Å². The lowest BCUT2D eigenvalue weighted by atomic mass is 10.1. The predicted molar refractivity (Wildman–Crippen MR) is 49.5 cm³/mol. The number of nitrogens with zero attached hydrogens (tertiary/aromatic N) is 3. The van der Waals surface area contributed by atoms with Gasteiger partial charge in [0.15, 0.2) is 0 Å². The van der Waals surface area contributed by atoms with E-state index in [1.165, 1.54) is 17.9 Å². The zero-order valence-corrected chi connectivity index (χ0v) is 8.30. The highest BCUT2D eigenvalue weighted by molar-refractivity contribution is 7.09. The van der Waals surface area contributed by atoms with Gasteiger partial charge in [-0.25, -0.2) is 4.98 Å². The first-order valence-electron chi connectivity index (χ1n) is 3.69. The van der Waals surface area contributed by atoms with Crippen LogP contribution in [0.3, 0.4) is 0 Å². The molecule has 0 fully saturated rings. The lowest BCUT2D eigenvalue weighted by Gasteiger charge is -2.24. The van der Waals surface area contributed by atoms with Crippen LogP contribution in [0.25, 0.3) is 0 Å². The molecule has 1 rings (SSSR count). The molecular formula is C7H13N3OS. The summed E-state index contributed by atoms with van der Waals surface area (Å²) in [4.78, 5) is 5.91. The molecule has 0 aromatic carbocycles. The van der Waals surface area contributed by atoms with Gasteiger partial charge in [-0.05, 0) is 13.8 Å². The molecule has 0 amide bonds. The van der Waals surface area contributed by atoms with Crippen LogP contribution in [0.2, 0.25) is 0 Å². The second kappa shape index (κ2) is 3.37. The summed E-state index contributed by atoms with van der Waals surface area (Å²) in [7, 11) is 1.89. The molecule has 1 aromatic heterocycles. The van der Waals surface area contributed by atoms with Crippen molar-refractivity contribution in [3.63, 3.8) is 0 Å². The van der Waals surface area contributed by atoms with Gasteiger partial charge in [-0.2, -0.15) is 4.37 Å². The van der Waals surface area contributed by atoms with E-state index in [0.717, 1.165) is 5.13 Å². The highest BCUT2D eigenvalue weighted by Crippen LogP contribution is 2.15. The number of rotatable bonds is 3. The van der Waals surface area contributed by atoms with Crippen LogP contribution in [0.5, 0.6) is 0 Å². The second-order valence-corrected chi connectivity index (χ2v) is 4.15. The molecule has 0 atom stereocenters. The molecule has 0 bridgehead atoms. The minimum absolute atomic E-state index is 0.558. The highest BCUT2D eigenvalue weighted by atomic mass is 32.1. The van der Waals surface area contributed by atoms with E-state index < -0.39 is 5.60 Å². The van der Waals surface area contributed by atoms with E-state index in [4.69, 9.17) is 0 Å². The van der Waals surface area contributed by atoms with Crippen molar-refractivity contribution in [2.24, 2.45) is 0 Å². The Kier molecular flexibility index (Phi) is 2.64. The third kappa shape index (κ3) is 2.75. The van der Waals surface area contributed by atoms with Gasteiger partial charge < -0.3 is 10.0 Å². The molecule has 0 aliphatic carbocycles. The Balaban J connectivity index is 2.56. The van der Waals surface area contributed by atoms with Crippen LogP contribution in [0, 0.1) is 0 Å². The first-order chi connectivity index (χ1) is 5.49. The minimum atomic E-state index is -0.694. The molecule has 68 valence electrons. The molecular weight excluding hydrogens is 174 g/mol. The maximum absolute atomic E-state index is 9.50. The number of aromatic nitrogens is 2. The lowest BCUT2D eigenvalue weighted by molar-refractivity contribution is 0.0886. The molecule has 1 aromatic rings. The molecule has 0 spiro atoms. The van der Waals surface area contributed by atoms with E-state index in [1.54, 1.807) is 13.8 Å². The van der Waals surface area contributed by atoms with Gasteiger partial charge in [0.05, 0.1) is 5.60 Å². The van der Waals surface area contributed by atoms with Crippen molar-refractivity contribution in [1.82, 2.24) is 9.36 Å². The number of likely N-dealkylation sites (N-methyl/N-ethyl adjacent to an activating group) is 1. The van der Waals surface area contributed by atoms with Crippen molar-refractivity contribution in [3.8, 4) is 0 Å². The molecule has 0 saturated heterocycles. The Morgan fingerprint density at radius 2 is 2.33 bits per heavy atom. The molecule has 4 nitrogen and oxygen atoms in total. The van der Waals surface area contributed by atoms with Crippen LogP contribution in [-0.4, -0.2) is 33.7 Å². The summed E-state index contributed by atoms with van der Waals surface area (Å²) in [5.74, 6) is 0. The monoisotopic (exact) mass is 187 g/mol. The molecule has 0 aliphatic heterocycles. The largest absolute Gasteiger partial charge is 0.389 e. The summed E-state index contributed by atoms with van der Waals surface area (Å²) in [6.07, 6.45) is 1.51. The van der Waals surface area contributed by atoms with Crippen molar-refractivity contribution < 1.29 is 5.11 Å². The van der Waals surface area contributed by atoms with E-state index >= 15 is 0 Å². The molecule has 1 N–H and O–H groups in total. The fraction of sp³-hybridized carbons (Fsp3) is 0.714. The highest BCUT2D eigenvalue weighted by Gasteiger charge is 2.17. The Morgan fingerprint density at radius 3 is 2.75 bits per heavy atom. The van der Waals surface area contributed by atoms with Crippen molar-refractivity contribution in [1.29, 1.82) is 0 Å². The molecule has 12 heavy (non-hydrogen) atoms. The van der Waals surface area contributed by atoms with E-state index in [0.29, 0.717) is 6.54 Å². The average molecular weight is 187 g/mol. The molecule has 0 aliphatic rings. The fourth-order valence-electron chi connectivity index (χ4n) is 0.984. The second-order valence-electron chi connectivity index (χ2n) is 3.39.